The number of carbonyl (C=O) groups excluding carboxylic acids is 3. The van der Waals surface area contributed by atoms with Crippen LogP contribution in [0.25, 0.3) is 0 Å². The Morgan fingerprint density at radius 2 is 1.32 bits per heavy atom. The van der Waals surface area contributed by atoms with Crippen molar-refractivity contribution in [2.24, 2.45) is 0 Å². The molecule has 0 heterocycles. The minimum Gasteiger partial charge on any atom is -0.508 e. The van der Waals surface area contributed by atoms with Gasteiger partial charge in [0.2, 0.25) is 11.8 Å². The van der Waals surface area contributed by atoms with Crippen LogP contribution in [0.15, 0.2) is 48.5 Å². The molecule has 0 radical (unpaired) electrons. The summed E-state index contributed by atoms with van der Waals surface area (Å²) < 4.78 is 4.68. The van der Waals surface area contributed by atoms with E-state index in [1.165, 1.54) is 31.4 Å². The maximum atomic E-state index is 12.2. The molecule has 0 aromatic heterocycles. The lowest BCUT2D eigenvalue weighted by molar-refractivity contribution is -0.145. The van der Waals surface area contributed by atoms with E-state index in [0.717, 1.165) is 0 Å². The summed E-state index contributed by atoms with van der Waals surface area (Å²) in [6.07, 6.45) is 0.0743. The lowest BCUT2D eigenvalue weighted by Crippen LogP contribution is -2.49. The molecule has 0 fully saturated rings. The summed E-state index contributed by atoms with van der Waals surface area (Å²) in [7, 11) is 1.19. The standard InChI is InChI=1S/C20H22N2O6/c1-28-20(27)17(22-19(26)11-14-4-8-16(24)9-5-14)12-21-18(25)10-13-2-6-15(23)7-3-13/h2-9,17,23-24H,10-12H2,1H3,(H,21,25)(H,22,26). The fourth-order valence-electron chi connectivity index (χ4n) is 2.46. The highest BCUT2D eigenvalue weighted by Gasteiger charge is 2.22. The highest BCUT2D eigenvalue weighted by Crippen LogP contribution is 2.11. The second kappa shape index (κ2) is 9.96. The van der Waals surface area contributed by atoms with E-state index in [2.05, 4.69) is 15.4 Å². The molecule has 1 unspecified atom stereocenters. The third-order valence-electron chi connectivity index (χ3n) is 3.93. The lowest BCUT2D eigenvalue weighted by Gasteiger charge is -2.17. The summed E-state index contributed by atoms with van der Waals surface area (Å²) in [4.78, 5) is 36.1. The van der Waals surface area contributed by atoms with E-state index in [9.17, 15) is 24.6 Å². The van der Waals surface area contributed by atoms with E-state index in [1.807, 2.05) is 0 Å². The Hall–Kier alpha value is -3.55. The molecule has 148 valence electrons. The number of esters is 1. The summed E-state index contributed by atoms with van der Waals surface area (Å²) in [6, 6.07) is 11.3. The van der Waals surface area contributed by atoms with Gasteiger partial charge in [-0.2, -0.15) is 0 Å². The summed E-state index contributed by atoms with van der Waals surface area (Å²) in [6.45, 7) is -0.120. The van der Waals surface area contributed by atoms with Crippen LogP contribution in [0.3, 0.4) is 0 Å². The Bertz CT molecular complexity index is 818. The highest BCUT2D eigenvalue weighted by atomic mass is 16.5. The molecule has 0 saturated heterocycles. The molecular formula is C20H22N2O6. The van der Waals surface area contributed by atoms with Crippen molar-refractivity contribution in [3.63, 3.8) is 0 Å². The molecule has 8 nitrogen and oxygen atoms in total. The van der Waals surface area contributed by atoms with E-state index >= 15 is 0 Å². The molecular weight excluding hydrogens is 364 g/mol. The fourth-order valence-corrected chi connectivity index (χ4v) is 2.46. The summed E-state index contributed by atoms with van der Waals surface area (Å²) in [5.74, 6) is -1.25. The van der Waals surface area contributed by atoms with Crippen LogP contribution in [0, 0.1) is 0 Å². The largest absolute Gasteiger partial charge is 0.508 e. The molecule has 8 heteroatoms. The van der Waals surface area contributed by atoms with Crippen LogP contribution in [-0.2, 0) is 32.0 Å². The molecule has 2 rings (SSSR count). The SMILES string of the molecule is COC(=O)C(CNC(=O)Cc1ccc(O)cc1)NC(=O)Cc1ccc(O)cc1. The monoisotopic (exact) mass is 386 g/mol. The quantitative estimate of drug-likeness (QED) is 0.494. The second-order valence-electron chi connectivity index (χ2n) is 6.13. The first-order chi connectivity index (χ1) is 13.4. The van der Waals surface area contributed by atoms with Gasteiger partial charge in [-0.05, 0) is 35.4 Å². The first-order valence-electron chi connectivity index (χ1n) is 8.57. The Balaban J connectivity index is 1.88. The highest BCUT2D eigenvalue weighted by molar-refractivity contribution is 5.86. The average molecular weight is 386 g/mol. The first-order valence-corrected chi connectivity index (χ1v) is 8.57. The first kappa shape index (κ1) is 20.8. The molecule has 0 aliphatic carbocycles. The van der Waals surface area contributed by atoms with E-state index in [0.29, 0.717) is 11.1 Å². The molecule has 2 aromatic rings. The normalized spacial score (nSPS) is 11.3. The molecule has 0 bridgehead atoms. The Morgan fingerprint density at radius 3 is 1.79 bits per heavy atom. The van der Waals surface area contributed by atoms with Crippen LogP contribution in [0.2, 0.25) is 0 Å². The van der Waals surface area contributed by atoms with Crippen molar-refractivity contribution in [2.75, 3.05) is 13.7 Å². The van der Waals surface area contributed by atoms with Gasteiger partial charge < -0.3 is 25.6 Å². The van der Waals surface area contributed by atoms with Crippen LogP contribution >= 0.6 is 0 Å². The Morgan fingerprint density at radius 1 is 0.857 bits per heavy atom. The van der Waals surface area contributed by atoms with Crippen molar-refractivity contribution in [3.05, 3.63) is 59.7 Å². The van der Waals surface area contributed by atoms with Crippen LogP contribution in [-0.4, -0.2) is 47.7 Å². The van der Waals surface area contributed by atoms with Crippen LogP contribution in [0.1, 0.15) is 11.1 Å². The van der Waals surface area contributed by atoms with Crippen molar-refractivity contribution in [1.82, 2.24) is 10.6 Å². The molecule has 2 aromatic carbocycles. The van der Waals surface area contributed by atoms with Gasteiger partial charge in [0.1, 0.15) is 17.5 Å². The molecule has 2 amide bonds. The van der Waals surface area contributed by atoms with Crippen molar-refractivity contribution in [3.8, 4) is 11.5 Å². The average Bonchev–Trinajstić information content (AvgIpc) is 2.68. The zero-order valence-corrected chi connectivity index (χ0v) is 15.3. The maximum Gasteiger partial charge on any atom is 0.330 e. The van der Waals surface area contributed by atoms with Crippen molar-refractivity contribution >= 4 is 17.8 Å². The predicted molar refractivity (Wildman–Crippen MR) is 101 cm³/mol. The van der Waals surface area contributed by atoms with Gasteiger partial charge in [-0.25, -0.2) is 4.79 Å². The number of hydrogen-bond donors (Lipinski definition) is 4. The molecule has 0 aliphatic heterocycles. The third-order valence-corrected chi connectivity index (χ3v) is 3.93. The zero-order valence-electron chi connectivity index (χ0n) is 15.3. The van der Waals surface area contributed by atoms with Gasteiger partial charge in [-0.15, -0.1) is 0 Å². The number of phenols is 2. The van der Waals surface area contributed by atoms with E-state index in [4.69, 9.17) is 0 Å². The van der Waals surface area contributed by atoms with Gasteiger partial charge in [0, 0.05) is 6.54 Å². The number of amides is 2. The maximum absolute atomic E-state index is 12.2. The van der Waals surface area contributed by atoms with Gasteiger partial charge in [0.25, 0.3) is 0 Å². The predicted octanol–water partition coefficient (Wildman–Crippen LogP) is 0.657. The summed E-state index contributed by atoms with van der Waals surface area (Å²) in [5, 5.41) is 23.6. The number of benzene rings is 2. The van der Waals surface area contributed by atoms with Gasteiger partial charge in [0.05, 0.1) is 20.0 Å². The molecule has 0 saturated carbocycles. The molecule has 0 aliphatic rings. The molecule has 28 heavy (non-hydrogen) atoms. The minimum absolute atomic E-state index is 0.00916. The number of phenolic OH excluding ortho intramolecular Hbond substituents is 2. The number of hydrogen-bond acceptors (Lipinski definition) is 6. The van der Waals surface area contributed by atoms with E-state index < -0.39 is 17.9 Å². The molecule has 1 atom stereocenters. The minimum atomic E-state index is -1.03. The van der Waals surface area contributed by atoms with Crippen LogP contribution < -0.4 is 10.6 Å². The van der Waals surface area contributed by atoms with Crippen molar-refractivity contribution < 1.29 is 29.3 Å². The second-order valence-corrected chi connectivity index (χ2v) is 6.13. The van der Waals surface area contributed by atoms with Crippen LogP contribution in [0.4, 0.5) is 0 Å². The Kier molecular flexibility index (Phi) is 7.38. The van der Waals surface area contributed by atoms with Crippen molar-refractivity contribution in [1.29, 1.82) is 0 Å². The van der Waals surface area contributed by atoms with Gasteiger partial charge in [0.15, 0.2) is 0 Å². The Labute approximate surface area is 162 Å². The summed E-state index contributed by atoms with van der Waals surface area (Å²) in [5.41, 5.74) is 1.36. The molecule has 0 spiro atoms. The van der Waals surface area contributed by atoms with E-state index in [-0.39, 0.29) is 36.8 Å². The number of aromatic hydroxyl groups is 2. The van der Waals surface area contributed by atoms with Crippen LogP contribution in [0.5, 0.6) is 11.5 Å². The third kappa shape index (κ3) is 6.64. The van der Waals surface area contributed by atoms with E-state index in [1.54, 1.807) is 24.3 Å². The number of carbonyl (C=O) groups is 3. The number of nitrogens with one attached hydrogen (secondary N) is 2. The smallest absolute Gasteiger partial charge is 0.330 e. The van der Waals surface area contributed by atoms with Gasteiger partial charge >= 0.3 is 5.97 Å². The van der Waals surface area contributed by atoms with Crippen molar-refractivity contribution in [2.45, 2.75) is 18.9 Å². The zero-order chi connectivity index (χ0) is 20.5. The molecule has 4 N–H and O–H groups in total. The summed E-state index contributed by atoms with van der Waals surface area (Å²) >= 11 is 0. The number of rotatable bonds is 8. The fraction of sp³-hybridized carbons (Fsp3) is 0.250. The van der Waals surface area contributed by atoms with Gasteiger partial charge in [-0.1, -0.05) is 24.3 Å². The van der Waals surface area contributed by atoms with Gasteiger partial charge in [-0.3, -0.25) is 9.59 Å². The lowest BCUT2D eigenvalue weighted by atomic mass is 10.1. The topological polar surface area (TPSA) is 125 Å². The number of methoxy groups -OCH3 is 1. The number of ether oxygens (including phenoxy) is 1.